The van der Waals surface area contributed by atoms with Crippen LogP contribution in [0.1, 0.15) is 41.4 Å². The zero-order chi connectivity index (χ0) is 17.6. The Morgan fingerprint density at radius 1 is 1.32 bits per heavy atom. The number of ether oxygens (including phenoxy) is 1. The third kappa shape index (κ3) is 4.11. The van der Waals surface area contributed by atoms with Crippen molar-refractivity contribution in [2.45, 2.75) is 25.3 Å². The monoisotopic (exact) mass is 359 g/mol. The van der Waals surface area contributed by atoms with E-state index in [0.717, 1.165) is 25.0 Å². The number of benzene rings is 1. The third-order valence-electron chi connectivity index (χ3n) is 4.34. The number of carbonyl (C=O) groups excluding carboxylic acids is 1. The van der Waals surface area contributed by atoms with Crippen molar-refractivity contribution in [1.29, 1.82) is 0 Å². The van der Waals surface area contributed by atoms with Crippen LogP contribution in [-0.4, -0.2) is 35.5 Å². The van der Waals surface area contributed by atoms with Crippen molar-refractivity contribution in [2.75, 3.05) is 19.7 Å². The summed E-state index contributed by atoms with van der Waals surface area (Å²) in [6.45, 7) is 1.44. The second kappa shape index (κ2) is 8.32. The largest absolute Gasteiger partial charge is 0.491 e. The van der Waals surface area contributed by atoms with Crippen molar-refractivity contribution in [2.24, 2.45) is 5.73 Å². The van der Waals surface area contributed by atoms with Gasteiger partial charge in [0.15, 0.2) is 0 Å². The van der Waals surface area contributed by atoms with Gasteiger partial charge in [0.05, 0.1) is 17.3 Å². The molecule has 1 saturated heterocycles. The number of likely N-dealkylation sites (tertiary alicyclic amines) is 1. The molecule has 0 unspecified atom stereocenters. The molecule has 3 rings (SSSR count). The van der Waals surface area contributed by atoms with Crippen LogP contribution in [0.25, 0.3) is 0 Å². The highest BCUT2D eigenvalue weighted by Crippen LogP contribution is 2.33. The minimum absolute atomic E-state index is 0.0243. The Labute approximate surface area is 152 Å². The zero-order valence-electron chi connectivity index (χ0n) is 14.0. The first-order valence-corrected chi connectivity index (χ1v) is 8.93. The highest BCUT2D eigenvalue weighted by Gasteiger charge is 2.31. The molecule has 2 N–H and O–H groups in total. The number of aromatic nitrogens is 1. The van der Waals surface area contributed by atoms with E-state index >= 15 is 0 Å². The van der Waals surface area contributed by atoms with Gasteiger partial charge in [-0.2, -0.15) is 0 Å². The van der Waals surface area contributed by atoms with E-state index in [1.165, 1.54) is 0 Å². The van der Waals surface area contributed by atoms with Crippen LogP contribution in [0, 0.1) is 0 Å². The molecule has 2 aromatic rings. The fourth-order valence-electron chi connectivity index (χ4n) is 3.17. The Kier molecular flexibility index (Phi) is 5.89. The molecule has 1 aliphatic heterocycles. The first kappa shape index (κ1) is 17.7. The number of piperidine rings is 1. The Hall–Kier alpha value is -2.11. The van der Waals surface area contributed by atoms with Crippen LogP contribution in [0.3, 0.4) is 0 Å². The highest BCUT2D eigenvalue weighted by atomic mass is 35.5. The van der Waals surface area contributed by atoms with E-state index < -0.39 is 0 Å². The van der Waals surface area contributed by atoms with Gasteiger partial charge < -0.3 is 15.4 Å². The van der Waals surface area contributed by atoms with Crippen LogP contribution in [-0.2, 0) is 0 Å². The van der Waals surface area contributed by atoms with Crippen molar-refractivity contribution in [3.05, 3.63) is 58.9 Å². The molecule has 0 aliphatic carbocycles. The molecule has 0 saturated carbocycles. The van der Waals surface area contributed by atoms with E-state index in [4.69, 9.17) is 22.1 Å². The number of halogens is 1. The molecule has 2 heterocycles. The molecule has 132 valence electrons. The molecule has 1 amide bonds. The minimum Gasteiger partial charge on any atom is -0.491 e. The topological polar surface area (TPSA) is 68.5 Å². The number of nitrogens with two attached hydrogens (primary N) is 1. The Morgan fingerprint density at radius 3 is 2.96 bits per heavy atom. The molecular formula is C19H22ClN3O2. The van der Waals surface area contributed by atoms with Crippen molar-refractivity contribution < 1.29 is 9.53 Å². The SMILES string of the molecule is NCCOc1ccc(Cl)cc1C(=O)N1CCCC[C@@H]1c1ccccn1. The van der Waals surface area contributed by atoms with Gasteiger partial charge in [0, 0.05) is 24.3 Å². The summed E-state index contributed by atoms with van der Waals surface area (Å²) in [5.74, 6) is 0.440. The molecule has 1 aromatic heterocycles. The molecule has 1 aromatic carbocycles. The molecule has 0 radical (unpaired) electrons. The van der Waals surface area contributed by atoms with Gasteiger partial charge in [-0.15, -0.1) is 0 Å². The summed E-state index contributed by atoms with van der Waals surface area (Å²) in [4.78, 5) is 19.6. The molecular weight excluding hydrogens is 338 g/mol. The van der Waals surface area contributed by atoms with Crippen molar-refractivity contribution in [3.8, 4) is 5.75 Å². The Bertz CT molecular complexity index is 724. The van der Waals surface area contributed by atoms with Gasteiger partial charge in [-0.3, -0.25) is 9.78 Å². The van der Waals surface area contributed by atoms with E-state index in [0.29, 0.717) is 36.0 Å². The lowest BCUT2D eigenvalue weighted by Crippen LogP contribution is -2.39. The van der Waals surface area contributed by atoms with Crippen LogP contribution in [0.5, 0.6) is 5.75 Å². The van der Waals surface area contributed by atoms with Gasteiger partial charge in [0.2, 0.25) is 0 Å². The lowest BCUT2D eigenvalue weighted by molar-refractivity contribution is 0.0602. The molecule has 5 nitrogen and oxygen atoms in total. The zero-order valence-corrected chi connectivity index (χ0v) is 14.8. The second-order valence-electron chi connectivity index (χ2n) is 6.04. The van der Waals surface area contributed by atoms with Gasteiger partial charge in [-0.25, -0.2) is 0 Å². The number of nitrogens with zero attached hydrogens (tertiary/aromatic N) is 2. The van der Waals surface area contributed by atoms with E-state index in [2.05, 4.69) is 4.98 Å². The molecule has 0 bridgehead atoms. The van der Waals surface area contributed by atoms with Gasteiger partial charge >= 0.3 is 0 Å². The first-order chi connectivity index (χ1) is 12.2. The predicted octanol–water partition coefficient (Wildman–Crippen LogP) is 3.44. The summed E-state index contributed by atoms with van der Waals surface area (Å²) in [5.41, 5.74) is 6.91. The smallest absolute Gasteiger partial charge is 0.258 e. The number of amides is 1. The van der Waals surface area contributed by atoms with Crippen LogP contribution in [0.15, 0.2) is 42.6 Å². The molecule has 1 atom stereocenters. The first-order valence-electron chi connectivity index (χ1n) is 8.55. The third-order valence-corrected chi connectivity index (χ3v) is 4.58. The fourth-order valence-corrected chi connectivity index (χ4v) is 3.35. The average molecular weight is 360 g/mol. The quantitative estimate of drug-likeness (QED) is 0.887. The summed E-state index contributed by atoms with van der Waals surface area (Å²) < 4.78 is 5.65. The van der Waals surface area contributed by atoms with Gasteiger partial charge in [0.1, 0.15) is 12.4 Å². The van der Waals surface area contributed by atoms with Crippen molar-refractivity contribution in [1.82, 2.24) is 9.88 Å². The van der Waals surface area contributed by atoms with E-state index in [-0.39, 0.29) is 11.9 Å². The van der Waals surface area contributed by atoms with Crippen LogP contribution in [0.4, 0.5) is 0 Å². The molecule has 1 aliphatic rings. The van der Waals surface area contributed by atoms with Gasteiger partial charge in [-0.05, 0) is 49.6 Å². The number of hydrogen-bond acceptors (Lipinski definition) is 4. The maximum absolute atomic E-state index is 13.2. The Morgan fingerprint density at radius 2 is 2.20 bits per heavy atom. The highest BCUT2D eigenvalue weighted by molar-refractivity contribution is 6.31. The average Bonchev–Trinajstić information content (AvgIpc) is 2.67. The maximum atomic E-state index is 13.2. The standard InChI is InChI=1S/C19H22ClN3O2/c20-14-7-8-18(25-12-9-21)15(13-14)19(24)23-11-4-2-6-17(23)16-5-1-3-10-22-16/h1,3,5,7-8,10,13,17H,2,4,6,9,11-12,21H2/t17-/m1/s1. The number of hydrogen-bond donors (Lipinski definition) is 1. The molecule has 1 fully saturated rings. The van der Waals surface area contributed by atoms with Crippen LogP contribution < -0.4 is 10.5 Å². The van der Waals surface area contributed by atoms with Crippen LogP contribution in [0.2, 0.25) is 5.02 Å². The fraction of sp³-hybridized carbons (Fsp3) is 0.368. The summed E-state index contributed by atoms with van der Waals surface area (Å²) in [6.07, 6.45) is 4.73. The molecule has 0 spiro atoms. The number of rotatable bonds is 5. The molecule has 25 heavy (non-hydrogen) atoms. The van der Waals surface area contributed by atoms with Crippen molar-refractivity contribution >= 4 is 17.5 Å². The van der Waals surface area contributed by atoms with E-state index in [1.54, 1.807) is 24.4 Å². The molecule has 6 heteroatoms. The second-order valence-corrected chi connectivity index (χ2v) is 6.48. The summed E-state index contributed by atoms with van der Waals surface area (Å²) in [5, 5.41) is 0.509. The lowest BCUT2D eigenvalue weighted by atomic mass is 9.97. The minimum atomic E-state index is -0.0788. The maximum Gasteiger partial charge on any atom is 0.258 e. The summed E-state index contributed by atoms with van der Waals surface area (Å²) in [7, 11) is 0. The Balaban J connectivity index is 1.91. The summed E-state index contributed by atoms with van der Waals surface area (Å²) >= 11 is 6.12. The normalized spacial score (nSPS) is 17.4. The van der Waals surface area contributed by atoms with Gasteiger partial charge in [-0.1, -0.05) is 17.7 Å². The number of carbonyl (C=O) groups is 1. The predicted molar refractivity (Wildman–Crippen MR) is 97.9 cm³/mol. The van der Waals surface area contributed by atoms with Crippen molar-refractivity contribution in [3.63, 3.8) is 0 Å². The van der Waals surface area contributed by atoms with E-state index in [9.17, 15) is 4.79 Å². The van der Waals surface area contributed by atoms with Gasteiger partial charge in [0.25, 0.3) is 5.91 Å². The van der Waals surface area contributed by atoms with E-state index in [1.807, 2.05) is 23.1 Å². The number of pyridine rings is 1. The lowest BCUT2D eigenvalue weighted by Gasteiger charge is -2.35. The van der Waals surface area contributed by atoms with Crippen LogP contribution >= 0.6 is 11.6 Å². The summed E-state index contributed by atoms with van der Waals surface area (Å²) in [6, 6.07) is 10.9.